The van der Waals surface area contributed by atoms with Gasteiger partial charge in [-0.25, -0.2) is 0 Å². The number of aromatic nitrogens is 3. The van der Waals surface area contributed by atoms with E-state index in [4.69, 9.17) is 11.6 Å². The quantitative estimate of drug-likeness (QED) is 0.402. The van der Waals surface area contributed by atoms with Crippen LogP contribution in [0, 0.1) is 0 Å². The monoisotopic (exact) mass is 421 g/mol. The molecule has 1 atom stereocenters. The van der Waals surface area contributed by atoms with Crippen molar-refractivity contribution < 1.29 is 5.11 Å². The lowest BCUT2D eigenvalue weighted by Gasteiger charge is -2.13. The van der Waals surface area contributed by atoms with Gasteiger partial charge in [0, 0.05) is 11.3 Å². The lowest BCUT2D eigenvalue weighted by atomic mass is 10.1. The Morgan fingerprint density at radius 1 is 0.862 bits per heavy atom. The molecule has 0 bridgehead atoms. The molecule has 0 spiro atoms. The van der Waals surface area contributed by atoms with Crippen LogP contribution in [0.5, 0.6) is 0 Å². The van der Waals surface area contributed by atoms with E-state index >= 15 is 0 Å². The van der Waals surface area contributed by atoms with Crippen molar-refractivity contribution in [2.75, 3.05) is 5.75 Å². The molecule has 0 fully saturated rings. The summed E-state index contributed by atoms with van der Waals surface area (Å²) in [5.74, 6) is 1.20. The van der Waals surface area contributed by atoms with E-state index in [0.717, 1.165) is 27.7 Å². The van der Waals surface area contributed by atoms with Gasteiger partial charge in [0.15, 0.2) is 11.0 Å². The van der Waals surface area contributed by atoms with Crippen LogP contribution in [0.3, 0.4) is 0 Å². The molecule has 0 unspecified atom stereocenters. The molecule has 4 rings (SSSR count). The minimum atomic E-state index is -0.577. The number of thioether (sulfide) groups is 1. The number of halogens is 1. The molecule has 4 aromatic rings. The van der Waals surface area contributed by atoms with Crippen molar-refractivity contribution in [1.29, 1.82) is 0 Å². The first-order chi connectivity index (χ1) is 14.2. The Kier molecular flexibility index (Phi) is 6.30. The number of nitrogens with zero attached hydrogens (tertiary/aromatic N) is 3. The van der Waals surface area contributed by atoms with Crippen LogP contribution in [-0.4, -0.2) is 25.6 Å². The Bertz CT molecular complexity index is 1070. The summed E-state index contributed by atoms with van der Waals surface area (Å²) in [4.78, 5) is 0. The van der Waals surface area contributed by atoms with Gasteiger partial charge in [0.25, 0.3) is 0 Å². The molecule has 0 saturated heterocycles. The highest BCUT2D eigenvalue weighted by atomic mass is 35.5. The van der Waals surface area contributed by atoms with Crippen molar-refractivity contribution in [3.8, 4) is 11.4 Å². The van der Waals surface area contributed by atoms with Gasteiger partial charge in [-0.3, -0.25) is 4.57 Å². The standard InChI is InChI=1S/C23H20ClN3OS/c24-20-14-8-7-13-19(20)22-25-26-23(27(22)15-17-9-3-1-4-10-17)29-16-21(28)18-11-5-2-6-12-18/h1-14,21,28H,15-16H2/t21-/m0/s1. The lowest BCUT2D eigenvalue weighted by Crippen LogP contribution is -2.06. The molecule has 0 amide bonds. The van der Waals surface area contributed by atoms with Crippen LogP contribution >= 0.6 is 23.4 Å². The van der Waals surface area contributed by atoms with E-state index in [1.807, 2.05) is 72.8 Å². The van der Waals surface area contributed by atoms with E-state index in [1.54, 1.807) is 0 Å². The molecule has 0 aliphatic heterocycles. The van der Waals surface area contributed by atoms with Gasteiger partial charge in [0.2, 0.25) is 0 Å². The summed E-state index contributed by atoms with van der Waals surface area (Å²) < 4.78 is 2.05. The topological polar surface area (TPSA) is 50.9 Å². The third-order valence-electron chi connectivity index (χ3n) is 4.57. The molecule has 1 N–H and O–H groups in total. The number of benzene rings is 3. The maximum absolute atomic E-state index is 10.5. The van der Waals surface area contributed by atoms with Crippen molar-refractivity contribution in [2.45, 2.75) is 17.8 Å². The first kappa shape index (κ1) is 19.7. The molecule has 0 radical (unpaired) electrons. The highest BCUT2D eigenvalue weighted by Gasteiger charge is 2.18. The molecule has 29 heavy (non-hydrogen) atoms. The molecule has 1 heterocycles. The Balaban J connectivity index is 1.64. The second-order valence-corrected chi connectivity index (χ2v) is 7.99. The van der Waals surface area contributed by atoms with E-state index in [-0.39, 0.29) is 0 Å². The van der Waals surface area contributed by atoms with Gasteiger partial charge in [-0.2, -0.15) is 0 Å². The summed E-state index contributed by atoms with van der Waals surface area (Å²) in [5, 5.41) is 20.7. The molecule has 0 aliphatic carbocycles. The molecular weight excluding hydrogens is 402 g/mol. The molecule has 3 aromatic carbocycles. The number of aliphatic hydroxyl groups excluding tert-OH is 1. The summed E-state index contributed by atoms with van der Waals surface area (Å²) in [6, 6.07) is 27.5. The summed E-state index contributed by atoms with van der Waals surface area (Å²) in [5.41, 5.74) is 2.87. The van der Waals surface area contributed by atoms with E-state index < -0.39 is 6.10 Å². The fourth-order valence-electron chi connectivity index (χ4n) is 3.07. The van der Waals surface area contributed by atoms with Crippen LogP contribution in [-0.2, 0) is 6.54 Å². The maximum Gasteiger partial charge on any atom is 0.191 e. The number of hydrogen-bond donors (Lipinski definition) is 1. The molecule has 146 valence electrons. The number of hydrogen-bond acceptors (Lipinski definition) is 4. The van der Waals surface area contributed by atoms with Gasteiger partial charge >= 0.3 is 0 Å². The zero-order valence-electron chi connectivity index (χ0n) is 15.6. The third-order valence-corrected chi connectivity index (χ3v) is 5.94. The Labute approximate surface area is 179 Å². The Morgan fingerprint density at radius 2 is 1.52 bits per heavy atom. The van der Waals surface area contributed by atoms with Crippen molar-refractivity contribution in [3.63, 3.8) is 0 Å². The van der Waals surface area contributed by atoms with Gasteiger partial charge in [0.05, 0.1) is 17.7 Å². The van der Waals surface area contributed by atoms with Crippen molar-refractivity contribution in [1.82, 2.24) is 14.8 Å². The average molecular weight is 422 g/mol. The number of aliphatic hydroxyl groups is 1. The third kappa shape index (κ3) is 4.70. The van der Waals surface area contributed by atoms with Crippen LogP contribution in [0.4, 0.5) is 0 Å². The van der Waals surface area contributed by atoms with Crippen molar-refractivity contribution in [2.24, 2.45) is 0 Å². The van der Waals surface area contributed by atoms with Gasteiger partial charge in [-0.1, -0.05) is 96.2 Å². The molecule has 6 heteroatoms. The number of rotatable bonds is 7. The Hall–Kier alpha value is -2.60. The fourth-order valence-corrected chi connectivity index (χ4v) is 4.20. The second kappa shape index (κ2) is 9.27. The second-order valence-electron chi connectivity index (χ2n) is 6.60. The fraction of sp³-hybridized carbons (Fsp3) is 0.130. The lowest BCUT2D eigenvalue weighted by molar-refractivity contribution is 0.204. The summed E-state index contributed by atoms with van der Waals surface area (Å²) in [7, 11) is 0. The van der Waals surface area contributed by atoms with Gasteiger partial charge in [0.1, 0.15) is 0 Å². The molecule has 0 saturated carbocycles. The molecule has 0 aliphatic rings. The largest absolute Gasteiger partial charge is 0.388 e. The van der Waals surface area contributed by atoms with Crippen molar-refractivity contribution in [3.05, 3.63) is 101 Å². The predicted octanol–water partition coefficient (Wildman–Crippen LogP) is 5.47. The zero-order valence-corrected chi connectivity index (χ0v) is 17.2. The highest BCUT2D eigenvalue weighted by Crippen LogP contribution is 2.31. The molecule has 4 nitrogen and oxygen atoms in total. The molecular formula is C23H20ClN3OS. The van der Waals surface area contributed by atoms with Gasteiger partial charge in [-0.15, -0.1) is 10.2 Å². The van der Waals surface area contributed by atoms with Gasteiger partial charge in [-0.05, 0) is 23.3 Å². The summed E-state index contributed by atoms with van der Waals surface area (Å²) in [6.45, 7) is 0.623. The average Bonchev–Trinajstić information content (AvgIpc) is 3.16. The summed E-state index contributed by atoms with van der Waals surface area (Å²) >= 11 is 7.91. The van der Waals surface area contributed by atoms with Gasteiger partial charge < -0.3 is 5.11 Å². The smallest absolute Gasteiger partial charge is 0.191 e. The Morgan fingerprint density at radius 3 is 2.24 bits per heavy atom. The SMILES string of the molecule is O[C@@H](CSc1nnc(-c2ccccc2Cl)n1Cc1ccccc1)c1ccccc1. The van der Waals surface area contributed by atoms with Crippen LogP contribution in [0.2, 0.25) is 5.02 Å². The van der Waals surface area contributed by atoms with E-state index in [2.05, 4.69) is 26.9 Å². The van der Waals surface area contributed by atoms with Crippen LogP contribution in [0.25, 0.3) is 11.4 Å². The first-order valence-electron chi connectivity index (χ1n) is 9.30. The normalized spacial score (nSPS) is 12.1. The van der Waals surface area contributed by atoms with Crippen molar-refractivity contribution >= 4 is 23.4 Å². The minimum Gasteiger partial charge on any atom is -0.388 e. The zero-order chi connectivity index (χ0) is 20.1. The van der Waals surface area contributed by atoms with E-state index in [0.29, 0.717) is 17.3 Å². The minimum absolute atomic E-state index is 0.486. The van der Waals surface area contributed by atoms with E-state index in [9.17, 15) is 5.11 Å². The van der Waals surface area contributed by atoms with Crippen LogP contribution in [0.15, 0.2) is 90.1 Å². The van der Waals surface area contributed by atoms with Crippen LogP contribution in [0.1, 0.15) is 17.2 Å². The van der Waals surface area contributed by atoms with Crippen LogP contribution < -0.4 is 0 Å². The van der Waals surface area contributed by atoms with E-state index in [1.165, 1.54) is 11.8 Å². The highest BCUT2D eigenvalue weighted by molar-refractivity contribution is 7.99. The predicted molar refractivity (Wildman–Crippen MR) is 118 cm³/mol. The summed E-state index contributed by atoms with van der Waals surface area (Å²) in [6.07, 6.45) is -0.577. The first-order valence-corrected chi connectivity index (χ1v) is 10.7. The molecule has 1 aromatic heterocycles. The maximum atomic E-state index is 10.5.